The first-order valence-corrected chi connectivity index (χ1v) is 16.1. The Labute approximate surface area is 258 Å². The number of aromatic nitrogens is 3. The Kier molecular flexibility index (Phi) is 7.35. The number of amides is 1. The van der Waals surface area contributed by atoms with Gasteiger partial charge in [-0.3, -0.25) is 9.59 Å². The number of nitrogens with zero attached hydrogens (tertiary/aromatic N) is 4. The maximum Gasteiger partial charge on any atom is 0.307 e. The van der Waals surface area contributed by atoms with Crippen LogP contribution in [-0.4, -0.2) is 43.4 Å². The van der Waals surface area contributed by atoms with E-state index in [4.69, 9.17) is 0 Å². The van der Waals surface area contributed by atoms with E-state index in [2.05, 4.69) is 71.8 Å². The number of carboxylic acid groups (broad SMARTS) is 1. The van der Waals surface area contributed by atoms with Gasteiger partial charge in [0.15, 0.2) is 0 Å². The molecule has 1 aromatic heterocycles. The Balaban J connectivity index is 1.30. The average molecular weight is 589 g/mol. The number of rotatable bonds is 2. The smallest absolute Gasteiger partial charge is 0.307 e. The van der Waals surface area contributed by atoms with Crippen LogP contribution >= 0.6 is 0 Å². The van der Waals surface area contributed by atoms with Crippen LogP contribution in [0, 0.1) is 12.8 Å². The Morgan fingerprint density at radius 1 is 0.955 bits per heavy atom. The van der Waals surface area contributed by atoms with Crippen LogP contribution in [-0.2, 0) is 35.5 Å². The van der Waals surface area contributed by atoms with Gasteiger partial charge in [0.25, 0.3) is 5.91 Å². The number of fused-ring (bicyclic) bond motifs is 6. The van der Waals surface area contributed by atoms with Crippen LogP contribution in [0.4, 0.5) is 0 Å². The van der Waals surface area contributed by atoms with Gasteiger partial charge in [-0.25, -0.2) is 4.68 Å². The van der Waals surface area contributed by atoms with Crippen molar-refractivity contribution in [1.82, 2.24) is 19.9 Å². The number of aryl methyl sites for hydroxylation is 3. The standard InChI is InChI=1S/C37H40N4O3/c1-22-30-12-9-25-8-6-4-5-7-16-41-33-14-13-31(23(2)35(33)38-39-41)34(24(3)37(43)44)27-11-10-26-15-17-40(21-29(26)19-27)36(42)32(22)20-28(30)18-25/h9-14,18-20,22,24,34H,4-8,15-17,21H2,1-3H3,(H,43,44)/t22?,24-,34+/m1/s1. The summed E-state index contributed by atoms with van der Waals surface area (Å²) in [7, 11) is 0. The van der Waals surface area contributed by atoms with Crippen molar-refractivity contribution in [3.63, 3.8) is 0 Å². The van der Waals surface area contributed by atoms with Gasteiger partial charge in [-0.2, -0.15) is 0 Å². The highest BCUT2D eigenvalue weighted by atomic mass is 16.4. The van der Waals surface area contributed by atoms with Gasteiger partial charge >= 0.3 is 5.97 Å². The second-order valence-electron chi connectivity index (χ2n) is 13.0. The minimum Gasteiger partial charge on any atom is -0.481 e. The number of benzene rings is 3. The molecule has 44 heavy (non-hydrogen) atoms. The number of carbonyl (C=O) groups is 2. The van der Waals surface area contributed by atoms with Crippen molar-refractivity contribution in [2.24, 2.45) is 5.92 Å². The molecule has 1 unspecified atom stereocenters. The lowest BCUT2D eigenvalue weighted by molar-refractivity contribution is -0.141. The molecule has 3 aliphatic heterocycles. The number of carbonyl (C=O) groups excluding carboxylic acids is 1. The summed E-state index contributed by atoms with van der Waals surface area (Å²) in [5.41, 5.74) is 11.6. The minimum absolute atomic E-state index is 0.0685. The summed E-state index contributed by atoms with van der Waals surface area (Å²) in [6.07, 6.45) is 8.35. The molecule has 0 saturated carbocycles. The molecule has 4 aliphatic rings. The van der Waals surface area contributed by atoms with E-state index < -0.39 is 11.9 Å². The van der Waals surface area contributed by atoms with Gasteiger partial charge in [0.1, 0.15) is 5.52 Å². The zero-order chi connectivity index (χ0) is 30.5. The summed E-state index contributed by atoms with van der Waals surface area (Å²) in [6.45, 7) is 7.97. The Bertz CT molecular complexity index is 1820. The molecule has 0 radical (unpaired) electrons. The molecule has 0 spiro atoms. The summed E-state index contributed by atoms with van der Waals surface area (Å²) in [6, 6.07) is 17.2. The molecule has 1 amide bonds. The van der Waals surface area contributed by atoms with Crippen LogP contribution in [0.15, 0.2) is 54.1 Å². The van der Waals surface area contributed by atoms with Crippen molar-refractivity contribution in [2.75, 3.05) is 6.54 Å². The van der Waals surface area contributed by atoms with Crippen LogP contribution in [0.25, 0.3) is 17.1 Å². The molecule has 1 N–H and O–H groups in total. The highest BCUT2D eigenvalue weighted by Gasteiger charge is 2.33. The van der Waals surface area contributed by atoms with Gasteiger partial charge in [0.05, 0.1) is 11.4 Å². The lowest BCUT2D eigenvalue weighted by Crippen LogP contribution is -2.37. The normalized spacial score (nSPS) is 20.9. The van der Waals surface area contributed by atoms with Crippen LogP contribution in [0.2, 0.25) is 0 Å². The molecule has 4 heterocycles. The maximum absolute atomic E-state index is 14.0. The molecule has 7 nitrogen and oxygen atoms in total. The molecular weight excluding hydrogens is 548 g/mol. The number of carboxylic acids is 1. The highest BCUT2D eigenvalue weighted by molar-refractivity contribution is 6.01. The fourth-order valence-electron chi connectivity index (χ4n) is 7.64. The van der Waals surface area contributed by atoms with Gasteiger partial charge in [-0.05, 0) is 89.3 Å². The fraction of sp³-hybridized carbons (Fsp3) is 0.405. The van der Waals surface area contributed by atoms with Crippen molar-refractivity contribution in [2.45, 2.75) is 84.2 Å². The quantitative estimate of drug-likeness (QED) is 0.278. The van der Waals surface area contributed by atoms with E-state index in [0.29, 0.717) is 13.1 Å². The lowest BCUT2D eigenvalue weighted by atomic mass is 9.78. The van der Waals surface area contributed by atoms with E-state index in [1.165, 1.54) is 22.3 Å². The number of hydrogen-bond acceptors (Lipinski definition) is 4. The average Bonchev–Trinajstić information content (AvgIpc) is 3.59. The second-order valence-corrected chi connectivity index (χ2v) is 13.0. The SMILES string of the molecule is Cc1c2ccc3c1nnn3CCCCCCc1ccc3c(c1)C=C(C(=O)N1CCc4ccc(cc4C1)[C@@H]2[C@@H](C)C(=O)O)C3C. The second kappa shape index (κ2) is 11.3. The van der Waals surface area contributed by atoms with Crippen molar-refractivity contribution < 1.29 is 14.7 Å². The van der Waals surface area contributed by atoms with Crippen molar-refractivity contribution in [3.8, 4) is 0 Å². The summed E-state index contributed by atoms with van der Waals surface area (Å²) in [5.74, 6) is -1.68. The van der Waals surface area contributed by atoms with E-state index in [-0.39, 0.29) is 17.7 Å². The Hall–Kier alpha value is -4.26. The molecule has 3 atom stereocenters. The van der Waals surface area contributed by atoms with Crippen molar-refractivity contribution in [1.29, 1.82) is 0 Å². The molecule has 8 rings (SSSR count). The van der Waals surface area contributed by atoms with Crippen LogP contribution in [0.1, 0.15) is 95.9 Å². The molecule has 0 fully saturated rings. The summed E-state index contributed by atoms with van der Waals surface area (Å²) in [5, 5.41) is 19.3. The largest absolute Gasteiger partial charge is 0.481 e. The molecule has 226 valence electrons. The van der Waals surface area contributed by atoms with Gasteiger partial charge in [0, 0.05) is 37.0 Å². The van der Waals surface area contributed by atoms with E-state index in [0.717, 1.165) is 83.9 Å². The monoisotopic (exact) mass is 588 g/mol. The van der Waals surface area contributed by atoms with Crippen molar-refractivity contribution in [3.05, 3.63) is 98.6 Å². The highest BCUT2D eigenvalue weighted by Crippen LogP contribution is 2.40. The Morgan fingerprint density at radius 3 is 2.61 bits per heavy atom. The molecule has 0 saturated heterocycles. The molecular formula is C37H40N4O3. The van der Waals surface area contributed by atoms with Crippen LogP contribution in [0.3, 0.4) is 0 Å². The summed E-state index contributed by atoms with van der Waals surface area (Å²) in [4.78, 5) is 28.4. The topological polar surface area (TPSA) is 88.3 Å². The molecule has 10 bridgehead atoms. The third-order valence-corrected chi connectivity index (χ3v) is 10.3. The van der Waals surface area contributed by atoms with Gasteiger partial charge in [0.2, 0.25) is 0 Å². The summed E-state index contributed by atoms with van der Waals surface area (Å²) < 4.78 is 1.99. The lowest BCUT2D eigenvalue weighted by Gasteiger charge is -2.32. The van der Waals surface area contributed by atoms with E-state index >= 15 is 0 Å². The number of aliphatic carboxylic acids is 1. The first kappa shape index (κ1) is 28.5. The molecule has 4 aromatic rings. The van der Waals surface area contributed by atoms with Crippen LogP contribution in [0.5, 0.6) is 0 Å². The maximum atomic E-state index is 14.0. The molecule has 7 heteroatoms. The first-order chi connectivity index (χ1) is 21.3. The van der Waals surface area contributed by atoms with Crippen molar-refractivity contribution >= 4 is 29.0 Å². The third-order valence-electron chi connectivity index (χ3n) is 10.3. The minimum atomic E-state index is -0.838. The molecule has 3 aromatic carbocycles. The van der Waals surface area contributed by atoms with E-state index in [9.17, 15) is 14.7 Å². The van der Waals surface area contributed by atoms with E-state index in [1.54, 1.807) is 6.92 Å². The summed E-state index contributed by atoms with van der Waals surface area (Å²) >= 11 is 0. The zero-order valence-corrected chi connectivity index (χ0v) is 25.8. The van der Waals surface area contributed by atoms with Gasteiger partial charge < -0.3 is 10.0 Å². The first-order valence-electron chi connectivity index (χ1n) is 16.1. The molecule has 1 aliphatic carbocycles. The van der Waals surface area contributed by atoms with E-state index in [1.807, 2.05) is 16.5 Å². The zero-order valence-electron chi connectivity index (χ0n) is 25.8. The predicted octanol–water partition coefficient (Wildman–Crippen LogP) is 6.79. The van der Waals surface area contributed by atoms with Gasteiger partial charge in [-0.1, -0.05) is 74.4 Å². The number of hydrogen-bond donors (Lipinski definition) is 1. The van der Waals surface area contributed by atoms with Gasteiger partial charge in [-0.15, -0.1) is 5.10 Å². The fourth-order valence-corrected chi connectivity index (χ4v) is 7.64. The van der Waals surface area contributed by atoms with Crippen LogP contribution < -0.4 is 0 Å². The third kappa shape index (κ3) is 4.92. The predicted molar refractivity (Wildman–Crippen MR) is 171 cm³/mol. The Morgan fingerprint density at radius 2 is 1.77 bits per heavy atom.